The highest BCUT2D eigenvalue weighted by Crippen LogP contribution is 2.27. The van der Waals surface area contributed by atoms with Crippen molar-refractivity contribution in [3.05, 3.63) is 29.3 Å². The summed E-state index contributed by atoms with van der Waals surface area (Å²) in [6.07, 6.45) is 2.20. The third-order valence-corrected chi connectivity index (χ3v) is 3.61. The van der Waals surface area contributed by atoms with E-state index in [9.17, 15) is 5.11 Å². The van der Waals surface area contributed by atoms with Gasteiger partial charge in [0.05, 0.1) is 12.6 Å². The Kier molecular flexibility index (Phi) is 3.64. The zero-order valence-corrected chi connectivity index (χ0v) is 10.8. The van der Waals surface area contributed by atoms with Crippen LogP contribution in [0.5, 0.6) is 0 Å². The summed E-state index contributed by atoms with van der Waals surface area (Å²) in [5, 5.41) is 9.33. The Morgan fingerprint density at radius 2 is 2.35 bits per heavy atom. The minimum Gasteiger partial charge on any atom is -0.394 e. The standard InChI is InChI=1S/C13H18N2OS/c1-9-7-10(4-5-12(9)13(14)17)15-6-2-3-11(15)8-16/h4-5,7,11,16H,2-3,6,8H2,1H3,(H2,14,17). The Morgan fingerprint density at radius 3 is 2.94 bits per heavy atom. The molecule has 0 aromatic heterocycles. The number of aliphatic hydroxyl groups is 1. The minimum absolute atomic E-state index is 0.218. The predicted octanol–water partition coefficient (Wildman–Crippen LogP) is 1.59. The molecular formula is C13H18N2OS. The maximum absolute atomic E-state index is 9.33. The van der Waals surface area contributed by atoms with Crippen LogP contribution >= 0.6 is 12.2 Å². The molecule has 0 radical (unpaired) electrons. The fourth-order valence-corrected chi connectivity index (χ4v) is 2.70. The molecule has 0 spiro atoms. The van der Waals surface area contributed by atoms with Gasteiger partial charge in [0.1, 0.15) is 4.99 Å². The molecule has 3 nitrogen and oxygen atoms in total. The van der Waals surface area contributed by atoms with E-state index in [0.717, 1.165) is 36.2 Å². The molecule has 1 atom stereocenters. The maximum Gasteiger partial charge on any atom is 0.104 e. The smallest absolute Gasteiger partial charge is 0.104 e. The number of hydrogen-bond acceptors (Lipinski definition) is 3. The van der Waals surface area contributed by atoms with Crippen molar-refractivity contribution in [3.63, 3.8) is 0 Å². The van der Waals surface area contributed by atoms with E-state index in [1.54, 1.807) is 0 Å². The zero-order chi connectivity index (χ0) is 12.4. The van der Waals surface area contributed by atoms with Gasteiger partial charge in [-0.05, 0) is 43.5 Å². The molecule has 1 aliphatic heterocycles. The van der Waals surface area contributed by atoms with E-state index in [-0.39, 0.29) is 12.6 Å². The molecule has 17 heavy (non-hydrogen) atoms. The van der Waals surface area contributed by atoms with Crippen molar-refractivity contribution in [2.24, 2.45) is 5.73 Å². The normalized spacial score (nSPS) is 19.6. The lowest BCUT2D eigenvalue weighted by atomic mass is 10.1. The van der Waals surface area contributed by atoms with Crippen molar-refractivity contribution < 1.29 is 5.11 Å². The Hall–Kier alpha value is -1.13. The highest BCUT2D eigenvalue weighted by Gasteiger charge is 2.24. The van der Waals surface area contributed by atoms with Crippen molar-refractivity contribution in [2.45, 2.75) is 25.8 Å². The topological polar surface area (TPSA) is 49.5 Å². The van der Waals surface area contributed by atoms with E-state index >= 15 is 0 Å². The molecule has 1 unspecified atom stereocenters. The Labute approximate surface area is 107 Å². The lowest BCUT2D eigenvalue weighted by Gasteiger charge is -2.26. The van der Waals surface area contributed by atoms with Gasteiger partial charge in [0.25, 0.3) is 0 Å². The molecule has 0 aliphatic carbocycles. The Bertz CT molecular complexity index is 433. The van der Waals surface area contributed by atoms with Gasteiger partial charge >= 0.3 is 0 Å². The second-order valence-electron chi connectivity index (χ2n) is 4.54. The molecule has 1 fully saturated rings. The summed E-state index contributed by atoms with van der Waals surface area (Å²) in [7, 11) is 0. The molecule has 4 heteroatoms. The fourth-order valence-electron chi connectivity index (χ4n) is 2.47. The van der Waals surface area contributed by atoms with E-state index in [1.807, 2.05) is 19.1 Å². The van der Waals surface area contributed by atoms with Gasteiger partial charge in [0.2, 0.25) is 0 Å². The largest absolute Gasteiger partial charge is 0.394 e. The quantitative estimate of drug-likeness (QED) is 0.800. The van der Waals surface area contributed by atoms with Crippen molar-refractivity contribution in [1.82, 2.24) is 0 Å². The SMILES string of the molecule is Cc1cc(N2CCCC2CO)ccc1C(N)=S. The summed E-state index contributed by atoms with van der Waals surface area (Å²) < 4.78 is 0. The number of nitrogens with two attached hydrogens (primary N) is 1. The van der Waals surface area contributed by atoms with Gasteiger partial charge in [-0.25, -0.2) is 0 Å². The molecular weight excluding hydrogens is 232 g/mol. The molecule has 92 valence electrons. The maximum atomic E-state index is 9.33. The summed E-state index contributed by atoms with van der Waals surface area (Å²) in [4.78, 5) is 2.70. The van der Waals surface area contributed by atoms with Gasteiger partial charge in [-0.15, -0.1) is 0 Å². The molecule has 0 saturated carbocycles. The molecule has 1 aliphatic rings. The third-order valence-electron chi connectivity index (χ3n) is 3.39. The van der Waals surface area contributed by atoms with Gasteiger partial charge in [0.15, 0.2) is 0 Å². The van der Waals surface area contributed by atoms with Crippen LogP contribution in [0, 0.1) is 6.92 Å². The van der Waals surface area contributed by atoms with Crippen LogP contribution in [-0.2, 0) is 0 Å². The number of anilines is 1. The van der Waals surface area contributed by atoms with E-state index in [4.69, 9.17) is 18.0 Å². The monoisotopic (exact) mass is 250 g/mol. The molecule has 1 aromatic carbocycles. The number of aliphatic hydroxyl groups excluding tert-OH is 1. The number of thiocarbonyl (C=S) groups is 1. The van der Waals surface area contributed by atoms with Crippen molar-refractivity contribution in [3.8, 4) is 0 Å². The highest BCUT2D eigenvalue weighted by molar-refractivity contribution is 7.80. The van der Waals surface area contributed by atoms with Crippen LogP contribution in [0.2, 0.25) is 0 Å². The van der Waals surface area contributed by atoms with Crippen molar-refractivity contribution in [2.75, 3.05) is 18.1 Å². The lowest BCUT2D eigenvalue weighted by molar-refractivity contribution is 0.266. The lowest BCUT2D eigenvalue weighted by Crippen LogP contribution is -2.32. The van der Waals surface area contributed by atoms with Crippen LogP contribution in [0.3, 0.4) is 0 Å². The van der Waals surface area contributed by atoms with Crippen LogP contribution in [0.1, 0.15) is 24.0 Å². The summed E-state index contributed by atoms with van der Waals surface area (Å²) in [6.45, 7) is 3.25. The summed E-state index contributed by atoms with van der Waals surface area (Å²) in [5.41, 5.74) is 8.83. The average Bonchev–Trinajstić information content (AvgIpc) is 2.76. The van der Waals surface area contributed by atoms with Gasteiger partial charge in [-0.3, -0.25) is 0 Å². The van der Waals surface area contributed by atoms with E-state index in [0.29, 0.717) is 4.99 Å². The van der Waals surface area contributed by atoms with Crippen molar-refractivity contribution in [1.29, 1.82) is 0 Å². The summed E-state index contributed by atoms with van der Waals surface area (Å²) >= 11 is 5.00. The van der Waals surface area contributed by atoms with Crippen LogP contribution in [0.4, 0.5) is 5.69 Å². The van der Waals surface area contributed by atoms with Crippen molar-refractivity contribution >= 4 is 22.9 Å². The highest BCUT2D eigenvalue weighted by atomic mass is 32.1. The minimum atomic E-state index is 0.218. The van der Waals surface area contributed by atoms with E-state index in [2.05, 4.69) is 11.0 Å². The van der Waals surface area contributed by atoms with Gasteiger partial charge in [-0.1, -0.05) is 12.2 Å². The van der Waals surface area contributed by atoms with Crippen LogP contribution in [-0.4, -0.2) is 29.3 Å². The summed E-state index contributed by atoms with van der Waals surface area (Å²) in [5.74, 6) is 0. The number of aryl methyl sites for hydroxylation is 1. The molecule has 2 rings (SSSR count). The molecule has 3 N–H and O–H groups in total. The first-order valence-corrected chi connectivity index (χ1v) is 6.32. The second-order valence-corrected chi connectivity index (χ2v) is 4.98. The number of hydrogen-bond donors (Lipinski definition) is 2. The van der Waals surface area contributed by atoms with E-state index in [1.165, 1.54) is 0 Å². The van der Waals surface area contributed by atoms with Gasteiger partial charge in [0, 0.05) is 17.8 Å². The van der Waals surface area contributed by atoms with Crippen LogP contribution < -0.4 is 10.6 Å². The fraction of sp³-hybridized carbons (Fsp3) is 0.462. The second kappa shape index (κ2) is 5.02. The predicted molar refractivity (Wildman–Crippen MR) is 74.5 cm³/mol. The molecule has 1 aromatic rings. The molecule has 1 saturated heterocycles. The number of benzene rings is 1. The van der Waals surface area contributed by atoms with Crippen LogP contribution in [0.15, 0.2) is 18.2 Å². The number of nitrogens with zero attached hydrogens (tertiary/aromatic N) is 1. The first kappa shape index (κ1) is 12.3. The van der Waals surface area contributed by atoms with Crippen LogP contribution in [0.25, 0.3) is 0 Å². The summed E-state index contributed by atoms with van der Waals surface area (Å²) in [6, 6.07) is 6.36. The molecule has 1 heterocycles. The molecule has 0 bridgehead atoms. The Morgan fingerprint density at radius 1 is 1.59 bits per heavy atom. The first-order chi connectivity index (χ1) is 8.13. The first-order valence-electron chi connectivity index (χ1n) is 5.91. The van der Waals surface area contributed by atoms with E-state index < -0.39 is 0 Å². The third kappa shape index (κ3) is 2.42. The average molecular weight is 250 g/mol. The van der Waals surface area contributed by atoms with Gasteiger partial charge in [-0.2, -0.15) is 0 Å². The Balaban J connectivity index is 2.28. The number of rotatable bonds is 3. The zero-order valence-electron chi connectivity index (χ0n) is 10.0. The molecule has 0 amide bonds. The van der Waals surface area contributed by atoms with Gasteiger partial charge < -0.3 is 15.7 Å².